The average Bonchev–Trinajstić information content (AvgIpc) is 2.81. The third kappa shape index (κ3) is 4.84. The summed E-state index contributed by atoms with van der Waals surface area (Å²) in [6.45, 7) is 1.09. The van der Waals surface area contributed by atoms with Crippen molar-refractivity contribution in [2.75, 3.05) is 13.1 Å². The SMILES string of the molecule is NC(=O)CC1CCN(CC(N)=O)C1CCCc1ccccc1. The van der Waals surface area contributed by atoms with Crippen molar-refractivity contribution < 1.29 is 9.59 Å². The van der Waals surface area contributed by atoms with E-state index < -0.39 is 0 Å². The molecule has 1 fully saturated rings. The van der Waals surface area contributed by atoms with Crippen molar-refractivity contribution in [1.82, 2.24) is 4.90 Å². The van der Waals surface area contributed by atoms with Crippen LogP contribution in [0.2, 0.25) is 0 Å². The van der Waals surface area contributed by atoms with Gasteiger partial charge in [-0.25, -0.2) is 0 Å². The predicted octanol–water partition coefficient (Wildman–Crippen LogP) is 1.06. The molecule has 2 unspecified atom stereocenters. The molecule has 0 spiro atoms. The summed E-state index contributed by atoms with van der Waals surface area (Å²) in [6, 6.07) is 10.6. The topological polar surface area (TPSA) is 89.4 Å². The lowest BCUT2D eigenvalue weighted by atomic mass is 9.91. The first kappa shape index (κ1) is 16.5. The minimum atomic E-state index is -0.312. The highest BCUT2D eigenvalue weighted by atomic mass is 16.1. The summed E-state index contributed by atoms with van der Waals surface area (Å²) >= 11 is 0. The molecule has 5 heteroatoms. The number of nitrogens with zero attached hydrogens (tertiary/aromatic N) is 1. The van der Waals surface area contributed by atoms with E-state index in [2.05, 4.69) is 17.0 Å². The van der Waals surface area contributed by atoms with Gasteiger partial charge in [0.1, 0.15) is 0 Å². The molecule has 5 nitrogen and oxygen atoms in total. The maximum Gasteiger partial charge on any atom is 0.231 e. The van der Waals surface area contributed by atoms with Crippen molar-refractivity contribution in [3.05, 3.63) is 35.9 Å². The van der Waals surface area contributed by atoms with Gasteiger partial charge in [-0.1, -0.05) is 30.3 Å². The number of carbonyl (C=O) groups excluding carboxylic acids is 2. The van der Waals surface area contributed by atoms with Gasteiger partial charge in [0, 0.05) is 12.5 Å². The standard InChI is InChI=1S/C17H25N3O2/c18-16(21)11-14-9-10-20(12-17(19)22)15(14)8-4-7-13-5-2-1-3-6-13/h1-3,5-6,14-15H,4,7-12H2,(H2,18,21)(H2,19,22). The van der Waals surface area contributed by atoms with Crippen LogP contribution < -0.4 is 11.5 Å². The Kier molecular flexibility index (Phi) is 5.95. The fourth-order valence-electron chi connectivity index (χ4n) is 3.46. The molecule has 0 bridgehead atoms. The molecule has 2 rings (SSSR count). The van der Waals surface area contributed by atoms with E-state index in [1.54, 1.807) is 0 Å². The van der Waals surface area contributed by atoms with Gasteiger partial charge in [0.2, 0.25) is 11.8 Å². The van der Waals surface area contributed by atoms with Gasteiger partial charge in [-0.05, 0) is 43.7 Å². The molecule has 120 valence electrons. The van der Waals surface area contributed by atoms with Crippen LogP contribution in [-0.4, -0.2) is 35.8 Å². The first-order chi connectivity index (χ1) is 10.6. The van der Waals surface area contributed by atoms with Gasteiger partial charge < -0.3 is 11.5 Å². The van der Waals surface area contributed by atoms with Crippen LogP contribution in [0, 0.1) is 5.92 Å². The zero-order chi connectivity index (χ0) is 15.9. The van der Waals surface area contributed by atoms with Crippen LogP contribution in [0.1, 0.15) is 31.2 Å². The van der Waals surface area contributed by atoms with E-state index >= 15 is 0 Å². The van der Waals surface area contributed by atoms with Crippen LogP contribution >= 0.6 is 0 Å². The molecule has 1 heterocycles. The number of aryl methyl sites for hydroxylation is 1. The van der Waals surface area contributed by atoms with Crippen LogP contribution in [-0.2, 0) is 16.0 Å². The minimum Gasteiger partial charge on any atom is -0.370 e. The number of carbonyl (C=O) groups is 2. The Hall–Kier alpha value is -1.88. The Morgan fingerprint density at radius 1 is 1.14 bits per heavy atom. The molecule has 2 amide bonds. The van der Waals surface area contributed by atoms with Gasteiger partial charge in [-0.2, -0.15) is 0 Å². The summed E-state index contributed by atoms with van der Waals surface area (Å²) in [5.41, 5.74) is 12.0. The first-order valence-corrected chi connectivity index (χ1v) is 7.91. The van der Waals surface area contributed by atoms with Crippen LogP contribution in [0.4, 0.5) is 0 Å². The van der Waals surface area contributed by atoms with Crippen LogP contribution in [0.5, 0.6) is 0 Å². The van der Waals surface area contributed by atoms with Gasteiger partial charge in [-0.3, -0.25) is 14.5 Å². The molecule has 0 aliphatic carbocycles. The van der Waals surface area contributed by atoms with Crippen molar-refractivity contribution in [3.63, 3.8) is 0 Å². The molecule has 22 heavy (non-hydrogen) atoms. The van der Waals surface area contributed by atoms with E-state index in [4.69, 9.17) is 11.5 Å². The van der Waals surface area contributed by atoms with Gasteiger partial charge in [0.15, 0.2) is 0 Å². The van der Waals surface area contributed by atoms with Crippen LogP contribution in [0.15, 0.2) is 30.3 Å². The zero-order valence-electron chi connectivity index (χ0n) is 12.9. The molecular formula is C17H25N3O2. The fraction of sp³-hybridized carbons (Fsp3) is 0.529. The van der Waals surface area contributed by atoms with Gasteiger partial charge in [0.25, 0.3) is 0 Å². The van der Waals surface area contributed by atoms with E-state index in [1.165, 1.54) is 5.56 Å². The van der Waals surface area contributed by atoms with E-state index in [0.717, 1.165) is 32.2 Å². The van der Waals surface area contributed by atoms with Gasteiger partial charge in [0.05, 0.1) is 6.54 Å². The second-order valence-corrected chi connectivity index (χ2v) is 6.10. The number of nitrogens with two attached hydrogens (primary N) is 2. The Morgan fingerprint density at radius 2 is 1.86 bits per heavy atom. The van der Waals surface area contributed by atoms with Crippen molar-refractivity contribution in [2.24, 2.45) is 17.4 Å². The molecular weight excluding hydrogens is 278 g/mol. The van der Waals surface area contributed by atoms with E-state index in [-0.39, 0.29) is 30.3 Å². The largest absolute Gasteiger partial charge is 0.370 e. The number of rotatable bonds is 8. The molecule has 0 saturated carbocycles. The Bertz CT molecular complexity index is 480. The lowest BCUT2D eigenvalue weighted by Gasteiger charge is -2.27. The number of benzene rings is 1. The lowest BCUT2D eigenvalue weighted by molar-refractivity contribution is -0.119. The summed E-state index contributed by atoms with van der Waals surface area (Å²) in [4.78, 5) is 24.6. The lowest BCUT2D eigenvalue weighted by Crippen LogP contribution is -2.39. The normalized spacial score (nSPS) is 21.8. The number of hydrogen-bond donors (Lipinski definition) is 2. The van der Waals surface area contributed by atoms with E-state index in [1.807, 2.05) is 18.2 Å². The highest BCUT2D eigenvalue weighted by molar-refractivity contribution is 5.76. The highest BCUT2D eigenvalue weighted by Gasteiger charge is 2.34. The van der Waals surface area contributed by atoms with Crippen molar-refractivity contribution in [2.45, 2.75) is 38.1 Å². The molecule has 0 radical (unpaired) electrons. The zero-order valence-corrected chi connectivity index (χ0v) is 12.9. The van der Waals surface area contributed by atoms with E-state index in [0.29, 0.717) is 6.42 Å². The third-order valence-electron chi connectivity index (χ3n) is 4.43. The molecule has 4 N–H and O–H groups in total. The van der Waals surface area contributed by atoms with Crippen LogP contribution in [0.3, 0.4) is 0 Å². The van der Waals surface area contributed by atoms with Crippen molar-refractivity contribution in [1.29, 1.82) is 0 Å². The smallest absolute Gasteiger partial charge is 0.231 e. The number of primary amides is 2. The summed E-state index contributed by atoms with van der Waals surface area (Å²) in [5.74, 6) is -0.334. The summed E-state index contributed by atoms with van der Waals surface area (Å²) in [7, 11) is 0. The summed E-state index contributed by atoms with van der Waals surface area (Å²) < 4.78 is 0. The molecule has 1 aromatic carbocycles. The van der Waals surface area contributed by atoms with Crippen molar-refractivity contribution >= 4 is 11.8 Å². The highest BCUT2D eigenvalue weighted by Crippen LogP contribution is 2.30. The minimum absolute atomic E-state index is 0.226. The van der Waals surface area contributed by atoms with Crippen LogP contribution in [0.25, 0.3) is 0 Å². The Balaban J connectivity index is 1.91. The average molecular weight is 303 g/mol. The Morgan fingerprint density at radius 3 is 2.50 bits per heavy atom. The first-order valence-electron chi connectivity index (χ1n) is 7.91. The summed E-state index contributed by atoms with van der Waals surface area (Å²) in [5, 5.41) is 0. The maximum atomic E-state index is 11.2. The molecule has 1 aliphatic rings. The second-order valence-electron chi connectivity index (χ2n) is 6.10. The van der Waals surface area contributed by atoms with E-state index in [9.17, 15) is 9.59 Å². The Labute approximate surface area is 131 Å². The van der Waals surface area contributed by atoms with Gasteiger partial charge >= 0.3 is 0 Å². The van der Waals surface area contributed by atoms with Crippen molar-refractivity contribution in [3.8, 4) is 0 Å². The summed E-state index contributed by atoms with van der Waals surface area (Å²) in [6.07, 6.45) is 4.29. The third-order valence-corrected chi connectivity index (χ3v) is 4.43. The maximum absolute atomic E-state index is 11.2. The fourth-order valence-corrected chi connectivity index (χ4v) is 3.46. The molecule has 1 aliphatic heterocycles. The predicted molar refractivity (Wildman–Crippen MR) is 85.9 cm³/mol. The quantitative estimate of drug-likeness (QED) is 0.752. The van der Waals surface area contributed by atoms with Gasteiger partial charge in [-0.15, -0.1) is 0 Å². The number of likely N-dealkylation sites (tertiary alicyclic amines) is 1. The molecule has 1 saturated heterocycles. The molecule has 2 atom stereocenters. The number of hydrogen-bond acceptors (Lipinski definition) is 3. The second kappa shape index (κ2) is 7.94. The molecule has 0 aromatic heterocycles. The monoisotopic (exact) mass is 303 g/mol. The molecule has 1 aromatic rings. The number of amides is 2.